The molecule has 0 saturated heterocycles. The Labute approximate surface area is 115 Å². The minimum absolute atomic E-state index is 0.261. The number of rotatable bonds is 4. The number of hydrogen-bond donors (Lipinski definition) is 0. The number of hydrogen-bond acceptors (Lipinski definition) is 4. The second-order valence-electron chi connectivity index (χ2n) is 4.63. The molecule has 0 aromatic carbocycles. The summed E-state index contributed by atoms with van der Waals surface area (Å²) in [7, 11) is 5.15. The van der Waals surface area contributed by atoms with Crippen molar-refractivity contribution in [3.8, 4) is 0 Å². The van der Waals surface area contributed by atoms with E-state index in [-0.39, 0.29) is 11.2 Å². The van der Waals surface area contributed by atoms with Gasteiger partial charge in [-0.2, -0.15) is 0 Å². The highest BCUT2D eigenvalue weighted by Crippen LogP contribution is 2.11. The van der Waals surface area contributed by atoms with E-state index >= 15 is 0 Å². The molecule has 0 aliphatic rings. The number of thiophene rings is 1. The summed E-state index contributed by atoms with van der Waals surface area (Å²) < 4.78 is 2.63. The predicted molar refractivity (Wildman–Crippen MR) is 76.4 cm³/mol. The van der Waals surface area contributed by atoms with E-state index in [0.29, 0.717) is 6.54 Å². The van der Waals surface area contributed by atoms with E-state index < -0.39 is 0 Å². The highest BCUT2D eigenvalue weighted by molar-refractivity contribution is 7.09. The van der Waals surface area contributed by atoms with E-state index in [1.807, 2.05) is 18.5 Å². The van der Waals surface area contributed by atoms with Gasteiger partial charge in [0, 0.05) is 43.8 Å². The lowest BCUT2D eigenvalue weighted by molar-refractivity contribution is 0.311. The first kappa shape index (κ1) is 13.8. The summed E-state index contributed by atoms with van der Waals surface area (Å²) in [5.74, 6) is 0. The highest BCUT2D eigenvalue weighted by Gasteiger charge is 2.09. The van der Waals surface area contributed by atoms with Crippen molar-refractivity contribution in [3.63, 3.8) is 0 Å². The topological polar surface area (TPSA) is 47.2 Å². The van der Waals surface area contributed by atoms with Gasteiger partial charge in [0.2, 0.25) is 0 Å². The van der Waals surface area contributed by atoms with Crippen molar-refractivity contribution in [2.75, 3.05) is 7.05 Å². The Morgan fingerprint density at radius 3 is 2.58 bits per heavy atom. The third-order valence-electron chi connectivity index (χ3n) is 3.06. The minimum Gasteiger partial charge on any atom is -0.299 e. The van der Waals surface area contributed by atoms with Gasteiger partial charge in [0.15, 0.2) is 0 Å². The molecular weight excluding hydrogens is 262 g/mol. The molecule has 0 saturated carbocycles. The molecule has 0 bridgehead atoms. The van der Waals surface area contributed by atoms with Crippen LogP contribution in [0.25, 0.3) is 0 Å². The van der Waals surface area contributed by atoms with Crippen molar-refractivity contribution < 1.29 is 0 Å². The van der Waals surface area contributed by atoms with E-state index in [1.165, 1.54) is 22.6 Å². The molecule has 6 heteroatoms. The molecule has 0 aliphatic carbocycles. The van der Waals surface area contributed by atoms with Crippen LogP contribution in [-0.4, -0.2) is 21.1 Å². The standard InChI is InChI=1S/C13H17N3O2S/c1-14(9-11-5-4-6-19-11)8-10-7-12(17)16(3)13(18)15(10)2/h4-7H,8-9H2,1-3H3. The molecule has 0 unspecified atom stereocenters. The molecule has 0 spiro atoms. The molecule has 2 aromatic rings. The Bertz CT molecular complexity index is 670. The van der Waals surface area contributed by atoms with E-state index in [4.69, 9.17) is 0 Å². The summed E-state index contributed by atoms with van der Waals surface area (Å²) in [6.07, 6.45) is 0. The third-order valence-corrected chi connectivity index (χ3v) is 3.92. The molecule has 0 radical (unpaired) electrons. The van der Waals surface area contributed by atoms with Gasteiger partial charge in [-0.15, -0.1) is 11.3 Å². The van der Waals surface area contributed by atoms with Crippen LogP contribution in [0.1, 0.15) is 10.6 Å². The third kappa shape index (κ3) is 3.02. The van der Waals surface area contributed by atoms with Crippen LogP contribution in [0, 0.1) is 0 Å². The summed E-state index contributed by atoms with van der Waals surface area (Å²) >= 11 is 1.70. The zero-order valence-corrected chi connectivity index (χ0v) is 12.1. The fourth-order valence-corrected chi connectivity index (χ4v) is 2.72. The van der Waals surface area contributed by atoms with Crippen LogP contribution < -0.4 is 11.2 Å². The molecular formula is C13H17N3O2S. The second-order valence-corrected chi connectivity index (χ2v) is 5.66. The van der Waals surface area contributed by atoms with Crippen molar-refractivity contribution in [1.82, 2.24) is 14.0 Å². The first-order valence-electron chi connectivity index (χ1n) is 5.96. The zero-order valence-electron chi connectivity index (χ0n) is 11.3. The Morgan fingerprint density at radius 1 is 1.21 bits per heavy atom. The van der Waals surface area contributed by atoms with E-state index in [2.05, 4.69) is 11.0 Å². The quantitative estimate of drug-likeness (QED) is 0.831. The van der Waals surface area contributed by atoms with Gasteiger partial charge in [0.05, 0.1) is 0 Å². The van der Waals surface area contributed by atoms with Crippen LogP contribution in [0.3, 0.4) is 0 Å². The molecule has 0 N–H and O–H groups in total. The van der Waals surface area contributed by atoms with E-state index in [9.17, 15) is 9.59 Å². The fraction of sp³-hybridized carbons (Fsp3) is 0.385. The van der Waals surface area contributed by atoms with Gasteiger partial charge < -0.3 is 0 Å². The van der Waals surface area contributed by atoms with E-state index in [1.54, 1.807) is 18.4 Å². The SMILES string of the molecule is CN(Cc1cccs1)Cc1cc(=O)n(C)c(=O)n1C. The van der Waals surface area contributed by atoms with Gasteiger partial charge in [-0.1, -0.05) is 6.07 Å². The van der Waals surface area contributed by atoms with E-state index in [0.717, 1.165) is 16.8 Å². The van der Waals surface area contributed by atoms with Gasteiger partial charge in [-0.3, -0.25) is 18.8 Å². The fourth-order valence-electron chi connectivity index (χ4n) is 1.93. The average molecular weight is 279 g/mol. The lowest BCUT2D eigenvalue weighted by Gasteiger charge is -2.17. The van der Waals surface area contributed by atoms with Crippen molar-refractivity contribution in [3.05, 3.63) is 55.0 Å². The summed E-state index contributed by atoms with van der Waals surface area (Å²) in [6.45, 7) is 1.38. The van der Waals surface area contributed by atoms with Crippen LogP contribution in [0.15, 0.2) is 33.2 Å². The van der Waals surface area contributed by atoms with Gasteiger partial charge in [0.1, 0.15) is 0 Å². The maximum Gasteiger partial charge on any atom is 0.330 e. The van der Waals surface area contributed by atoms with Crippen LogP contribution >= 0.6 is 11.3 Å². The largest absolute Gasteiger partial charge is 0.330 e. The highest BCUT2D eigenvalue weighted by atomic mass is 32.1. The van der Waals surface area contributed by atoms with Gasteiger partial charge in [-0.05, 0) is 18.5 Å². The normalized spacial score (nSPS) is 11.2. The molecule has 19 heavy (non-hydrogen) atoms. The van der Waals surface area contributed by atoms with Gasteiger partial charge >= 0.3 is 5.69 Å². The number of nitrogens with zero attached hydrogens (tertiary/aromatic N) is 3. The lowest BCUT2D eigenvalue weighted by atomic mass is 10.3. The molecule has 5 nitrogen and oxygen atoms in total. The number of aromatic nitrogens is 2. The maximum atomic E-state index is 11.8. The summed E-state index contributed by atoms with van der Waals surface area (Å²) in [4.78, 5) is 26.8. The summed E-state index contributed by atoms with van der Waals surface area (Å²) in [5, 5.41) is 2.04. The molecule has 2 aromatic heterocycles. The van der Waals surface area contributed by atoms with Crippen LogP contribution in [0.2, 0.25) is 0 Å². The maximum absolute atomic E-state index is 11.8. The Hall–Kier alpha value is -1.66. The van der Waals surface area contributed by atoms with Crippen molar-refractivity contribution >= 4 is 11.3 Å². The monoisotopic (exact) mass is 279 g/mol. The lowest BCUT2D eigenvalue weighted by Crippen LogP contribution is -2.39. The molecule has 0 atom stereocenters. The van der Waals surface area contributed by atoms with Crippen LogP contribution in [0.5, 0.6) is 0 Å². The van der Waals surface area contributed by atoms with Crippen LogP contribution in [-0.2, 0) is 27.2 Å². The van der Waals surface area contributed by atoms with Gasteiger partial charge in [0.25, 0.3) is 5.56 Å². The molecule has 102 valence electrons. The predicted octanol–water partition coefficient (Wildman–Crippen LogP) is 0.778. The van der Waals surface area contributed by atoms with Crippen molar-refractivity contribution in [1.29, 1.82) is 0 Å². The smallest absolute Gasteiger partial charge is 0.299 e. The van der Waals surface area contributed by atoms with Crippen LogP contribution in [0.4, 0.5) is 0 Å². The Balaban J connectivity index is 2.20. The zero-order chi connectivity index (χ0) is 14.0. The Kier molecular flexibility index (Phi) is 4.01. The minimum atomic E-state index is -0.285. The molecule has 0 aliphatic heterocycles. The van der Waals surface area contributed by atoms with Gasteiger partial charge in [-0.25, -0.2) is 4.79 Å². The summed E-state index contributed by atoms with van der Waals surface area (Å²) in [6, 6.07) is 5.61. The molecule has 0 fully saturated rings. The molecule has 2 heterocycles. The van der Waals surface area contributed by atoms with Crippen molar-refractivity contribution in [2.45, 2.75) is 13.1 Å². The molecule has 2 rings (SSSR count). The second kappa shape index (κ2) is 5.54. The first-order chi connectivity index (χ1) is 8.99. The molecule has 0 amide bonds. The first-order valence-corrected chi connectivity index (χ1v) is 6.84. The van der Waals surface area contributed by atoms with Crippen molar-refractivity contribution in [2.24, 2.45) is 14.1 Å². The Morgan fingerprint density at radius 2 is 1.95 bits per heavy atom. The summed E-state index contributed by atoms with van der Waals surface area (Å²) in [5.41, 5.74) is 0.182. The average Bonchev–Trinajstić information content (AvgIpc) is 2.86.